The number of hydrogen-bond donors (Lipinski definition) is 1. The van der Waals surface area contributed by atoms with Crippen LogP contribution >= 0.6 is 0 Å². The number of ketones is 1. The molecule has 1 amide bonds. The Bertz CT molecular complexity index is 1510. The van der Waals surface area contributed by atoms with Crippen molar-refractivity contribution >= 4 is 22.8 Å². The van der Waals surface area contributed by atoms with Gasteiger partial charge in [0.05, 0.1) is 6.04 Å². The Morgan fingerprint density at radius 1 is 0.944 bits per heavy atom. The number of carbonyl (C=O) groups excluding carboxylic acids is 2. The van der Waals surface area contributed by atoms with E-state index in [9.17, 15) is 14.4 Å². The first kappa shape index (κ1) is 23.5. The second kappa shape index (κ2) is 9.46. The van der Waals surface area contributed by atoms with E-state index in [-0.39, 0.29) is 24.7 Å². The van der Waals surface area contributed by atoms with E-state index in [1.54, 1.807) is 0 Å². The molecule has 0 spiro atoms. The molecule has 4 aromatic rings. The molecule has 1 heterocycles. The normalized spacial score (nSPS) is 13.2. The van der Waals surface area contributed by atoms with Gasteiger partial charge in [-0.2, -0.15) is 0 Å². The quantitative estimate of drug-likeness (QED) is 0.370. The number of alkyl carbamates (subject to hydrolysis) is 1. The minimum absolute atomic E-state index is 0.0761. The van der Waals surface area contributed by atoms with Crippen molar-refractivity contribution in [3.05, 3.63) is 105 Å². The molecular formula is C30H27NO5. The summed E-state index contributed by atoms with van der Waals surface area (Å²) in [7, 11) is 0. The lowest BCUT2D eigenvalue weighted by atomic mass is 9.97. The summed E-state index contributed by atoms with van der Waals surface area (Å²) in [5, 5.41) is 3.45. The van der Waals surface area contributed by atoms with Crippen LogP contribution in [0, 0.1) is 13.8 Å². The van der Waals surface area contributed by atoms with Crippen molar-refractivity contribution in [3.8, 4) is 11.1 Å². The Kier molecular flexibility index (Phi) is 6.18. The molecule has 182 valence electrons. The zero-order valence-corrected chi connectivity index (χ0v) is 20.5. The van der Waals surface area contributed by atoms with Crippen molar-refractivity contribution in [1.29, 1.82) is 0 Å². The van der Waals surface area contributed by atoms with Crippen LogP contribution in [0.5, 0.6) is 0 Å². The zero-order valence-electron chi connectivity index (χ0n) is 20.5. The lowest BCUT2D eigenvalue weighted by Crippen LogP contribution is -2.42. The fourth-order valence-electron chi connectivity index (χ4n) is 4.95. The van der Waals surface area contributed by atoms with Gasteiger partial charge in [-0.1, -0.05) is 48.5 Å². The number of benzene rings is 3. The lowest BCUT2D eigenvalue weighted by Gasteiger charge is -2.19. The van der Waals surface area contributed by atoms with Gasteiger partial charge in [-0.25, -0.2) is 9.59 Å². The van der Waals surface area contributed by atoms with E-state index >= 15 is 0 Å². The second-order valence-corrected chi connectivity index (χ2v) is 9.36. The van der Waals surface area contributed by atoms with Crippen LogP contribution in [0.4, 0.5) is 4.79 Å². The molecular weight excluding hydrogens is 454 g/mol. The molecule has 1 aliphatic rings. The number of aryl methyl sites for hydroxylation is 2. The molecule has 5 rings (SSSR count). The van der Waals surface area contributed by atoms with Crippen LogP contribution < -0.4 is 10.9 Å². The fourth-order valence-corrected chi connectivity index (χ4v) is 4.95. The minimum atomic E-state index is -0.841. The Hall–Kier alpha value is -4.19. The number of nitrogens with one attached hydrogen (secondary N) is 1. The van der Waals surface area contributed by atoms with Gasteiger partial charge >= 0.3 is 11.7 Å². The summed E-state index contributed by atoms with van der Waals surface area (Å²) < 4.78 is 11.0. The molecule has 0 radical (unpaired) electrons. The molecule has 0 saturated heterocycles. The van der Waals surface area contributed by atoms with Crippen LogP contribution in [0.1, 0.15) is 40.7 Å². The third-order valence-electron chi connectivity index (χ3n) is 7.00. The summed E-state index contributed by atoms with van der Waals surface area (Å²) in [5.74, 6) is -0.304. The number of amides is 1. The third kappa shape index (κ3) is 4.42. The van der Waals surface area contributed by atoms with Crippen molar-refractivity contribution in [2.24, 2.45) is 0 Å². The van der Waals surface area contributed by atoms with E-state index in [0.29, 0.717) is 11.1 Å². The van der Waals surface area contributed by atoms with Crippen LogP contribution in [-0.2, 0) is 16.0 Å². The van der Waals surface area contributed by atoms with E-state index in [1.807, 2.05) is 50.2 Å². The molecule has 0 bridgehead atoms. The van der Waals surface area contributed by atoms with Gasteiger partial charge in [0.15, 0.2) is 5.78 Å². The van der Waals surface area contributed by atoms with Gasteiger partial charge in [0.2, 0.25) is 0 Å². The summed E-state index contributed by atoms with van der Waals surface area (Å²) in [6.07, 6.45) is -0.513. The van der Waals surface area contributed by atoms with Crippen LogP contribution in [-0.4, -0.2) is 24.5 Å². The summed E-state index contributed by atoms with van der Waals surface area (Å²) in [6, 6.07) is 20.5. The number of rotatable bonds is 6. The van der Waals surface area contributed by atoms with Gasteiger partial charge in [-0.05, 0) is 71.8 Å². The summed E-state index contributed by atoms with van der Waals surface area (Å²) in [6.45, 7) is 5.48. The first-order chi connectivity index (χ1) is 17.3. The van der Waals surface area contributed by atoms with Gasteiger partial charge in [0.1, 0.15) is 12.2 Å². The highest BCUT2D eigenvalue weighted by Crippen LogP contribution is 2.44. The highest BCUT2D eigenvalue weighted by molar-refractivity contribution is 5.88. The SMILES string of the molecule is CC(=O)[C@H](Cc1cc(=O)oc2cc(C)c(C)cc12)NC(=O)OCC1c2ccccc2-c2ccccc21. The van der Waals surface area contributed by atoms with Crippen molar-refractivity contribution in [1.82, 2.24) is 5.32 Å². The van der Waals surface area contributed by atoms with Crippen molar-refractivity contribution in [2.75, 3.05) is 6.61 Å². The number of hydrogen-bond acceptors (Lipinski definition) is 5. The molecule has 36 heavy (non-hydrogen) atoms. The van der Waals surface area contributed by atoms with Crippen molar-refractivity contribution in [3.63, 3.8) is 0 Å². The summed E-state index contributed by atoms with van der Waals surface area (Å²) in [4.78, 5) is 37.4. The monoisotopic (exact) mass is 481 g/mol. The predicted molar refractivity (Wildman–Crippen MR) is 138 cm³/mol. The average Bonchev–Trinajstić information content (AvgIpc) is 3.17. The molecule has 3 aromatic carbocycles. The lowest BCUT2D eigenvalue weighted by molar-refractivity contribution is -0.118. The number of Topliss-reactive ketones (excluding diaryl/α,β-unsaturated/α-hetero) is 1. The molecule has 0 unspecified atom stereocenters. The first-order valence-electron chi connectivity index (χ1n) is 12.0. The fraction of sp³-hybridized carbons (Fsp3) is 0.233. The largest absolute Gasteiger partial charge is 0.449 e. The Balaban J connectivity index is 1.33. The molecule has 6 heteroatoms. The molecule has 6 nitrogen and oxygen atoms in total. The Morgan fingerprint density at radius 2 is 1.56 bits per heavy atom. The zero-order chi connectivity index (χ0) is 25.4. The molecule has 1 N–H and O–H groups in total. The van der Waals surface area contributed by atoms with Crippen LogP contribution in [0.15, 0.2) is 75.9 Å². The van der Waals surface area contributed by atoms with Gasteiger partial charge in [-0.3, -0.25) is 4.79 Å². The van der Waals surface area contributed by atoms with Gasteiger partial charge in [0.25, 0.3) is 0 Å². The van der Waals surface area contributed by atoms with Gasteiger partial charge < -0.3 is 14.5 Å². The molecule has 1 atom stereocenters. The smallest absolute Gasteiger partial charge is 0.407 e. The maximum Gasteiger partial charge on any atom is 0.407 e. The maximum atomic E-state index is 12.8. The Morgan fingerprint density at radius 3 is 2.19 bits per heavy atom. The van der Waals surface area contributed by atoms with E-state index in [0.717, 1.165) is 38.8 Å². The van der Waals surface area contributed by atoms with Crippen molar-refractivity contribution < 1.29 is 18.7 Å². The number of ether oxygens (including phenoxy) is 1. The summed E-state index contributed by atoms with van der Waals surface area (Å²) in [5.41, 5.74) is 7.17. The molecule has 1 aliphatic carbocycles. The standard InChI is InChI=1S/C30H27NO5/c1-17-12-25-20(15-29(33)36-28(25)13-18(17)2)14-27(19(3)32)31-30(34)35-16-26-23-10-6-4-8-21(23)22-9-5-7-11-24(22)26/h4-13,15,26-27H,14,16H2,1-3H3,(H,31,34)/t27-/m0/s1. The minimum Gasteiger partial charge on any atom is -0.449 e. The molecule has 0 fully saturated rings. The van der Waals surface area contributed by atoms with Crippen LogP contribution in [0.2, 0.25) is 0 Å². The van der Waals surface area contributed by atoms with Gasteiger partial charge in [0, 0.05) is 23.8 Å². The highest BCUT2D eigenvalue weighted by Gasteiger charge is 2.29. The first-order valence-corrected chi connectivity index (χ1v) is 12.0. The van der Waals surface area contributed by atoms with Crippen molar-refractivity contribution in [2.45, 2.75) is 39.2 Å². The second-order valence-electron chi connectivity index (χ2n) is 9.36. The Labute approximate surface area is 208 Å². The topological polar surface area (TPSA) is 85.6 Å². The van der Waals surface area contributed by atoms with Crippen LogP contribution in [0.3, 0.4) is 0 Å². The van der Waals surface area contributed by atoms with E-state index < -0.39 is 17.8 Å². The van der Waals surface area contributed by atoms with E-state index in [2.05, 4.69) is 29.6 Å². The highest BCUT2D eigenvalue weighted by atomic mass is 16.5. The predicted octanol–water partition coefficient (Wildman–Crippen LogP) is 5.45. The summed E-state index contributed by atoms with van der Waals surface area (Å²) >= 11 is 0. The molecule has 1 aromatic heterocycles. The average molecular weight is 482 g/mol. The molecule has 0 aliphatic heterocycles. The van der Waals surface area contributed by atoms with E-state index in [4.69, 9.17) is 9.15 Å². The molecule has 0 saturated carbocycles. The number of fused-ring (bicyclic) bond motifs is 4. The van der Waals surface area contributed by atoms with E-state index in [1.165, 1.54) is 13.0 Å². The van der Waals surface area contributed by atoms with Crippen LogP contribution in [0.25, 0.3) is 22.1 Å². The third-order valence-corrected chi connectivity index (χ3v) is 7.00. The van der Waals surface area contributed by atoms with Gasteiger partial charge in [-0.15, -0.1) is 0 Å². The maximum absolute atomic E-state index is 12.8. The number of carbonyl (C=O) groups is 2.